The second-order valence-corrected chi connectivity index (χ2v) is 7.70. The highest BCUT2D eigenvalue weighted by molar-refractivity contribution is 7.94. The monoisotopic (exact) mass is 492 g/mol. The number of nitrogens with zero attached hydrogens (tertiary/aromatic N) is 4. The summed E-state index contributed by atoms with van der Waals surface area (Å²) in [6.07, 6.45) is 4.15. The Morgan fingerprint density at radius 3 is 2.71 bits per heavy atom. The average molecular weight is 493 g/mol. The van der Waals surface area contributed by atoms with E-state index in [1.165, 1.54) is 37.7 Å². The van der Waals surface area contributed by atoms with Gasteiger partial charge in [0.2, 0.25) is 5.91 Å². The van der Waals surface area contributed by atoms with E-state index >= 15 is 0 Å². The summed E-state index contributed by atoms with van der Waals surface area (Å²) < 4.78 is 34.7. The number of rotatable bonds is 11. The third-order valence-electron chi connectivity index (χ3n) is 4.57. The predicted octanol–water partition coefficient (Wildman–Crippen LogP) is 2.45. The number of carbonyl (C=O) groups excluding carboxylic acids is 1. The minimum atomic E-state index is -3.33. The summed E-state index contributed by atoms with van der Waals surface area (Å²) in [5.74, 6) is -4.10. The lowest BCUT2D eigenvalue weighted by Crippen LogP contribution is -2.36. The zero-order chi connectivity index (χ0) is 24.6. The lowest BCUT2D eigenvalue weighted by Gasteiger charge is -2.17. The van der Waals surface area contributed by atoms with Crippen LogP contribution >= 0.6 is 12.0 Å². The van der Waals surface area contributed by atoms with Crippen molar-refractivity contribution in [1.29, 1.82) is 0 Å². The van der Waals surface area contributed by atoms with E-state index < -0.39 is 29.6 Å². The normalized spacial score (nSPS) is 11.3. The summed E-state index contributed by atoms with van der Waals surface area (Å²) in [5, 5.41) is 5.05. The maximum atomic E-state index is 14.4. The minimum absolute atomic E-state index is 0.0787. The van der Waals surface area contributed by atoms with Gasteiger partial charge in [0.05, 0.1) is 42.8 Å². The van der Waals surface area contributed by atoms with Gasteiger partial charge in [-0.05, 0) is 31.2 Å². The predicted molar refractivity (Wildman–Crippen MR) is 120 cm³/mol. The second kappa shape index (κ2) is 11.6. The first-order chi connectivity index (χ1) is 16.3. The Kier molecular flexibility index (Phi) is 8.62. The van der Waals surface area contributed by atoms with Crippen LogP contribution in [-0.4, -0.2) is 39.1 Å². The number of hydrogen-bond acceptors (Lipinski definition) is 9. The molecule has 3 aromatic rings. The summed E-state index contributed by atoms with van der Waals surface area (Å²) in [6.45, 7) is 0.451. The van der Waals surface area contributed by atoms with Crippen molar-refractivity contribution >= 4 is 23.8 Å². The van der Waals surface area contributed by atoms with Gasteiger partial charge in [-0.3, -0.25) is 24.1 Å². The van der Waals surface area contributed by atoms with E-state index in [0.717, 1.165) is 16.6 Å². The van der Waals surface area contributed by atoms with Gasteiger partial charge in [0.25, 0.3) is 5.56 Å². The third-order valence-corrected chi connectivity index (χ3v) is 5.32. The van der Waals surface area contributed by atoms with E-state index in [0.29, 0.717) is 16.3 Å². The van der Waals surface area contributed by atoms with Crippen molar-refractivity contribution in [3.63, 3.8) is 0 Å². The van der Waals surface area contributed by atoms with E-state index in [1.54, 1.807) is 25.3 Å². The van der Waals surface area contributed by atoms with Gasteiger partial charge in [-0.15, -0.1) is 0 Å². The highest BCUT2D eigenvalue weighted by Crippen LogP contribution is 2.25. The summed E-state index contributed by atoms with van der Waals surface area (Å²) in [7, 11) is 1.36. The van der Waals surface area contributed by atoms with Crippen LogP contribution in [0.15, 0.2) is 58.6 Å². The molecule has 0 fully saturated rings. The largest absolute Gasteiger partial charge is 0.359 e. The quantitative estimate of drug-likeness (QED) is 0.236. The van der Waals surface area contributed by atoms with E-state index in [-0.39, 0.29) is 18.9 Å². The van der Waals surface area contributed by atoms with Gasteiger partial charge in [0.15, 0.2) is 5.82 Å². The number of carbonyl (C=O) groups is 1. The molecular formula is C21H22F2N6O4S. The molecule has 3 aromatic heterocycles. The molecule has 0 spiro atoms. The highest BCUT2D eigenvalue weighted by Gasteiger charge is 2.33. The molecule has 3 rings (SSSR count). The number of alkyl halides is 2. The van der Waals surface area contributed by atoms with Gasteiger partial charge in [-0.25, -0.2) is 9.87 Å². The van der Waals surface area contributed by atoms with Crippen LogP contribution in [0.5, 0.6) is 0 Å². The molecule has 10 nitrogen and oxygen atoms in total. The van der Waals surface area contributed by atoms with Crippen molar-refractivity contribution < 1.29 is 22.8 Å². The molecule has 34 heavy (non-hydrogen) atoms. The van der Waals surface area contributed by atoms with E-state index in [9.17, 15) is 18.4 Å². The van der Waals surface area contributed by atoms with Crippen molar-refractivity contribution in [2.45, 2.75) is 30.8 Å². The molecule has 0 aliphatic rings. The SMILES string of the molecule is COOSc1cccnc1CNC(=O)Cn1c(C)cnc(NCC(F)(F)c2ccccn2)c1=O. The first kappa shape index (κ1) is 25.2. The Morgan fingerprint density at radius 1 is 1.18 bits per heavy atom. The molecule has 0 atom stereocenters. The smallest absolute Gasteiger partial charge is 0.306 e. The van der Waals surface area contributed by atoms with Crippen LogP contribution in [0.25, 0.3) is 0 Å². The van der Waals surface area contributed by atoms with Gasteiger partial charge in [-0.2, -0.15) is 13.1 Å². The molecule has 3 heterocycles. The van der Waals surface area contributed by atoms with Crippen LogP contribution < -0.4 is 16.2 Å². The zero-order valence-corrected chi connectivity index (χ0v) is 19.1. The summed E-state index contributed by atoms with van der Waals surface area (Å²) >= 11 is 0.942. The molecule has 2 N–H and O–H groups in total. The zero-order valence-electron chi connectivity index (χ0n) is 18.3. The molecule has 13 heteroatoms. The number of hydrogen-bond donors (Lipinski definition) is 2. The van der Waals surface area contributed by atoms with Crippen LogP contribution in [0.1, 0.15) is 17.1 Å². The Bertz CT molecular complexity index is 1180. The molecule has 0 saturated heterocycles. The number of aryl methyl sites for hydroxylation is 1. The van der Waals surface area contributed by atoms with Crippen molar-refractivity contribution in [3.8, 4) is 0 Å². The Labute approximate surface area is 197 Å². The van der Waals surface area contributed by atoms with E-state index in [1.807, 2.05) is 0 Å². The fourth-order valence-electron chi connectivity index (χ4n) is 2.84. The molecule has 180 valence electrons. The molecule has 0 aliphatic heterocycles. The van der Waals surface area contributed by atoms with Gasteiger partial charge >= 0.3 is 5.92 Å². The maximum absolute atomic E-state index is 14.4. The number of pyridine rings is 2. The van der Waals surface area contributed by atoms with Crippen molar-refractivity contribution in [2.24, 2.45) is 0 Å². The van der Waals surface area contributed by atoms with Gasteiger partial charge < -0.3 is 10.6 Å². The third kappa shape index (κ3) is 6.56. The molecule has 0 bridgehead atoms. The lowest BCUT2D eigenvalue weighted by molar-refractivity contribution is -0.160. The van der Waals surface area contributed by atoms with Gasteiger partial charge in [-0.1, -0.05) is 6.07 Å². The van der Waals surface area contributed by atoms with Gasteiger partial charge in [0, 0.05) is 24.3 Å². The highest BCUT2D eigenvalue weighted by atomic mass is 32.2. The average Bonchev–Trinajstić information content (AvgIpc) is 2.84. The Morgan fingerprint density at radius 2 is 1.97 bits per heavy atom. The molecule has 0 radical (unpaired) electrons. The molecule has 0 unspecified atom stereocenters. The van der Waals surface area contributed by atoms with Crippen LogP contribution in [-0.2, 0) is 33.0 Å². The van der Waals surface area contributed by atoms with Crippen LogP contribution in [0.2, 0.25) is 0 Å². The summed E-state index contributed by atoms with van der Waals surface area (Å²) in [5.41, 5.74) is -0.201. The number of anilines is 1. The molecule has 0 aliphatic carbocycles. The molecule has 0 saturated carbocycles. The Hall–Kier alpha value is -3.42. The number of aromatic nitrogens is 4. The Balaban J connectivity index is 1.66. The fraction of sp³-hybridized carbons (Fsp3) is 0.286. The summed E-state index contributed by atoms with van der Waals surface area (Å²) in [6, 6.07) is 7.62. The van der Waals surface area contributed by atoms with Crippen molar-refractivity contribution in [3.05, 3.63) is 76.4 Å². The van der Waals surface area contributed by atoms with Gasteiger partial charge in [0.1, 0.15) is 12.2 Å². The topological polar surface area (TPSA) is 120 Å². The number of halogens is 2. The van der Waals surface area contributed by atoms with E-state index in [2.05, 4.69) is 30.5 Å². The fourth-order valence-corrected chi connectivity index (χ4v) is 3.33. The minimum Gasteiger partial charge on any atom is -0.359 e. The van der Waals surface area contributed by atoms with Crippen LogP contribution in [0.4, 0.5) is 14.6 Å². The maximum Gasteiger partial charge on any atom is 0.306 e. The first-order valence-corrected chi connectivity index (χ1v) is 10.7. The summed E-state index contributed by atoms with van der Waals surface area (Å²) in [4.78, 5) is 42.2. The molecular weight excluding hydrogens is 470 g/mol. The number of amides is 1. The molecule has 1 amide bonds. The molecule has 0 aromatic carbocycles. The first-order valence-electron chi connectivity index (χ1n) is 9.99. The van der Waals surface area contributed by atoms with Crippen molar-refractivity contribution in [1.82, 2.24) is 24.8 Å². The van der Waals surface area contributed by atoms with Crippen molar-refractivity contribution in [2.75, 3.05) is 19.0 Å². The van der Waals surface area contributed by atoms with E-state index in [4.69, 9.17) is 4.33 Å². The standard InChI is InChI=1S/C21H22F2N6O4S/c1-14-10-27-19(28-13-21(22,23)17-7-3-4-8-25-17)20(31)29(14)12-18(30)26-11-15-16(34-33-32-2)6-5-9-24-15/h3-10H,11-13H2,1-2H3,(H,26,30)(H,27,28). The number of nitrogens with one attached hydrogen (secondary N) is 2. The second-order valence-electron chi connectivity index (χ2n) is 6.96. The van der Waals surface area contributed by atoms with Crippen LogP contribution in [0.3, 0.4) is 0 Å². The lowest BCUT2D eigenvalue weighted by atomic mass is 10.2. The van der Waals surface area contributed by atoms with Crippen LogP contribution in [0, 0.1) is 6.92 Å².